The Kier molecular flexibility index (Phi) is 17.9. The first-order valence-electron chi connectivity index (χ1n) is 2.78. The third kappa shape index (κ3) is 17.7. The number of rotatable bonds is 2. The van der Waals surface area contributed by atoms with Crippen molar-refractivity contribution >= 4 is 49.5 Å². The molecule has 0 N–H and O–H groups in total. The number of hydrogen-bond acceptors (Lipinski definition) is 1. The molecule has 48 valence electrons. The molecular formula is C6H16Li2S. The maximum absolute atomic E-state index is 2.23. The van der Waals surface area contributed by atoms with Crippen molar-refractivity contribution in [3.63, 3.8) is 0 Å². The molecule has 3 heteroatoms. The summed E-state index contributed by atoms with van der Waals surface area (Å²) in [5.74, 6) is 0. The summed E-state index contributed by atoms with van der Waals surface area (Å²) in [7, 11) is 0. The van der Waals surface area contributed by atoms with E-state index in [2.05, 4.69) is 27.7 Å². The molecule has 0 saturated carbocycles. The van der Waals surface area contributed by atoms with E-state index in [4.69, 9.17) is 0 Å². The van der Waals surface area contributed by atoms with Gasteiger partial charge < -0.3 is 0 Å². The third-order valence-electron chi connectivity index (χ3n) is 0.544. The van der Waals surface area contributed by atoms with Gasteiger partial charge in [-0.05, 0) is 10.5 Å². The van der Waals surface area contributed by atoms with Crippen LogP contribution in [0.5, 0.6) is 0 Å². The average Bonchev–Trinajstić information content (AvgIpc) is 1.27. The van der Waals surface area contributed by atoms with Gasteiger partial charge in [-0.25, -0.2) is 0 Å². The molecule has 9 heavy (non-hydrogen) atoms. The zero-order valence-corrected chi connectivity index (χ0v) is 6.38. The summed E-state index contributed by atoms with van der Waals surface area (Å²) in [6, 6.07) is 0. The Labute approximate surface area is 87.3 Å². The average molecular weight is 134 g/mol. The van der Waals surface area contributed by atoms with Crippen molar-refractivity contribution in [2.75, 3.05) is 0 Å². The van der Waals surface area contributed by atoms with Gasteiger partial charge in [0, 0.05) is 0 Å². The van der Waals surface area contributed by atoms with E-state index in [0.29, 0.717) is 0 Å². The van der Waals surface area contributed by atoms with Gasteiger partial charge in [0.25, 0.3) is 0 Å². The summed E-state index contributed by atoms with van der Waals surface area (Å²) < 4.78 is 0. The van der Waals surface area contributed by atoms with Gasteiger partial charge in [0.15, 0.2) is 0 Å². The second-order valence-corrected chi connectivity index (χ2v) is 4.39. The van der Waals surface area contributed by atoms with E-state index in [9.17, 15) is 0 Å². The van der Waals surface area contributed by atoms with E-state index < -0.39 is 0 Å². The zero-order valence-electron chi connectivity index (χ0n) is 5.56. The normalized spacial score (nSPS) is 8.67. The molecule has 0 aliphatic carbocycles. The summed E-state index contributed by atoms with van der Waals surface area (Å²) in [5.41, 5.74) is 0. The van der Waals surface area contributed by atoms with Gasteiger partial charge in [-0.15, -0.1) is 0 Å². The van der Waals surface area contributed by atoms with Gasteiger partial charge in [-0.1, -0.05) is 27.7 Å². The van der Waals surface area contributed by atoms with Gasteiger partial charge in [-0.2, -0.15) is 11.8 Å². The van der Waals surface area contributed by atoms with Crippen LogP contribution in [0.15, 0.2) is 0 Å². The van der Waals surface area contributed by atoms with Crippen LogP contribution in [0.2, 0.25) is 0 Å². The SMILES string of the molecule is CC(C)SC(C)C.[LiH].[LiH]. The molecule has 0 radical (unpaired) electrons. The molecule has 0 amide bonds. The van der Waals surface area contributed by atoms with Gasteiger partial charge in [-0.3, -0.25) is 0 Å². The number of hydrogen-bond donors (Lipinski definition) is 0. The maximum atomic E-state index is 2.23. The Morgan fingerprint density at radius 2 is 1.00 bits per heavy atom. The second-order valence-electron chi connectivity index (χ2n) is 2.23. The van der Waals surface area contributed by atoms with Crippen LogP contribution in [0.4, 0.5) is 0 Å². The van der Waals surface area contributed by atoms with E-state index in [1.807, 2.05) is 11.8 Å². The Bertz CT molecular complexity index is 40.3. The van der Waals surface area contributed by atoms with Crippen LogP contribution in [-0.2, 0) is 0 Å². The molecule has 0 fully saturated rings. The Hall–Kier alpha value is 1.54. The summed E-state index contributed by atoms with van der Waals surface area (Å²) in [6.45, 7) is 8.91. The minimum absolute atomic E-state index is 0. The summed E-state index contributed by atoms with van der Waals surface area (Å²) in [4.78, 5) is 0. The van der Waals surface area contributed by atoms with Crippen molar-refractivity contribution in [2.24, 2.45) is 0 Å². The molecule has 0 nitrogen and oxygen atoms in total. The Morgan fingerprint density at radius 3 is 1.00 bits per heavy atom. The molecule has 0 rings (SSSR count). The topological polar surface area (TPSA) is 0 Å². The molecule has 0 aromatic rings. The van der Waals surface area contributed by atoms with E-state index >= 15 is 0 Å². The predicted molar refractivity (Wildman–Crippen MR) is 52.2 cm³/mol. The van der Waals surface area contributed by atoms with E-state index in [1.54, 1.807) is 0 Å². The van der Waals surface area contributed by atoms with Crippen molar-refractivity contribution in [3.8, 4) is 0 Å². The first-order valence-corrected chi connectivity index (χ1v) is 3.72. The summed E-state index contributed by atoms with van der Waals surface area (Å²) in [5, 5.41) is 1.58. The molecule has 0 aromatic heterocycles. The van der Waals surface area contributed by atoms with Crippen molar-refractivity contribution in [2.45, 2.75) is 38.2 Å². The van der Waals surface area contributed by atoms with Gasteiger partial charge >= 0.3 is 37.7 Å². The Balaban J connectivity index is -0.000000180. The van der Waals surface area contributed by atoms with Crippen molar-refractivity contribution in [1.29, 1.82) is 0 Å². The monoisotopic (exact) mass is 134 g/mol. The van der Waals surface area contributed by atoms with Crippen molar-refractivity contribution in [1.82, 2.24) is 0 Å². The standard InChI is InChI=1S/C6H14S.2Li.2H/c1-5(2)7-6(3)4;;;;/h5-6H,1-4H3;;;;. The van der Waals surface area contributed by atoms with E-state index in [0.717, 1.165) is 10.5 Å². The van der Waals surface area contributed by atoms with Crippen LogP contribution in [0, 0.1) is 0 Å². The van der Waals surface area contributed by atoms with Crippen LogP contribution in [0.1, 0.15) is 27.7 Å². The van der Waals surface area contributed by atoms with Crippen molar-refractivity contribution in [3.05, 3.63) is 0 Å². The van der Waals surface area contributed by atoms with Crippen LogP contribution in [0.3, 0.4) is 0 Å². The predicted octanol–water partition coefficient (Wildman–Crippen LogP) is 1.24. The summed E-state index contributed by atoms with van der Waals surface area (Å²) in [6.07, 6.45) is 0. The van der Waals surface area contributed by atoms with Gasteiger partial charge in [0.2, 0.25) is 0 Å². The number of thioether (sulfide) groups is 1. The summed E-state index contributed by atoms with van der Waals surface area (Å²) >= 11 is 2.01. The van der Waals surface area contributed by atoms with Crippen molar-refractivity contribution < 1.29 is 0 Å². The zero-order chi connectivity index (χ0) is 5.86. The molecular weight excluding hydrogens is 118 g/mol. The fraction of sp³-hybridized carbons (Fsp3) is 1.00. The first kappa shape index (κ1) is 16.9. The molecule has 0 unspecified atom stereocenters. The van der Waals surface area contributed by atoms with E-state index in [1.165, 1.54) is 0 Å². The van der Waals surface area contributed by atoms with Gasteiger partial charge in [0.05, 0.1) is 0 Å². The quantitative estimate of drug-likeness (QED) is 0.512. The molecule has 0 saturated heterocycles. The Morgan fingerprint density at radius 1 is 0.778 bits per heavy atom. The molecule has 0 heterocycles. The van der Waals surface area contributed by atoms with Crippen LogP contribution < -0.4 is 0 Å². The molecule has 0 aliphatic heterocycles. The fourth-order valence-electron chi connectivity index (χ4n) is 0.544. The molecule has 0 bridgehead atoms. The van der Waals surface area contributed by atoms with E-state index in [-0.39, 0.29) is 37.7 Å². The van der Waals surface area contributed by atoms with Crippen LogP contribution in [-0.4, -0.2) is 48.2 Å². The van der Waals surface area contributed by atoms with Crippen LogP contribution >= 0.6 is 11.8 Å². The van der Waals surface area contributed by atoms with Gasteiger partial charge in [0.1, 0.15) is 0 Å². The minimum atomic E-state index is 0. The van der Waals surface area contributed by atoms with Crippen LogP contribution in [0.25, 0.3) is 0 Å². The molecule has 0 spiro atoms. The fourth-order valence-corrected chi connectivity index (χ4v) is 1.63. The third-order valence-corrected chi connectivity index (χ3v) is 1.63. The molecule has 0 aromatic carbocycles. The first-order chi connectivity index (χ1) is 3.13. The molecule has 0 aliphatic rings. The second kappa shape index (κ2) is 9.54. The molecule has 0 atom stereocenters.